The number of benzene rings is 1. The molecule has 1 atom stereocenters. The summed E-state index contributed by atoms with van der Waals surface area (Å²) in [5.41, 5.74) is 3.31. The molecular formula is C25H35N3O5S. The summed E-state index contributed by atoms with van der Waals surface area (Å²) in [4.78, 5) is 25.6. The molecule has 1 aliphatic rings. The zero-order valence-electron chi connectivity index (χ0n) is 20.7. The molecule has 1 saturated heterocycles. The molecule has 9 heteroatoms. The van der Waals surface area contributed by atoms with Crippen LogP contribution in [0, 0.1) is 26.7 Å². The lowest BCUT2D eigenvalue weighted by molar-refractivity contribution is -0.126. The fourth-order valence-corrected chi connectivity index (χ4v) is 6.61. The highest BCUT2D eigenvalue weighted by Crippen LogP contribution is 2.32. The van der Waals surface area contributed by atoms with E-state index in [1.165, 1.54) is 4.31 Å². The van der Waals surface area contributed by atoms with E-state index in [9.17, 15) is 18.0 Å². The Balaban J connectivity index is 1.83. The van der Waals surface area contributed by atoms with Crippen LogP contribution in [0.1, 0.15) is 59.6 Å². The number of ether oxygens (including phenoxy) is 1. The minimum Gasteiger partial charge on any atom is -0.462 e. The highest BCUT2D eigenvalue weighted by atomic mass is 32.2. The van der Waals surface area contributed by atoms with Crippen molar-refractivity contribution in [2.45, 2.75) is 65.4 Å². The van der Waals surface area contributed by atoms with Crippen molar-refractivity contribution in [1.82, 2.24) is 14.2 Å². The normalized spacial score (nSPS) is 16.9. The molecule has 2 aromatic rings. The number of hydrogen-bond donors (Lipinski definition) is 1. The molecule has 3 rings (SSSR count). The maximum atomic E-state index is 13.8. The fraction of sp³-hybridized carbons (Fsp3) is 0.520. The van der Waals surface area contributed by atoms with Gasteiger partial charge in [0.2, 0.25) is 15.9 Å². The van der Waals surface area contributed by atoms with Gasteiger partial charge in [-0.05, 0) is 53.0 Å². The Morgan fingerprint density at radius 2 is 1.76 bits per heavy atom. The second-order valence-electron chi connectivity index (χ2n) is 8.75. The van der Waals surface area contributed by atoms with Crippen molar-refractivity contribution in [2.24, 2.45) is 5.92 Å². The van der Waals surface area contributed by atoms with Gasteiger partial charge in [0.25, 0.3) is 0 Å². The summed E-state index contributed by atoms with van der Waals surface area (Å²) in [6.45, 7) is 10.5. The summed E-state index contributed by atoms with van der Waals surface area (Å²) < 4.78 is 35.9. The number of rotatable bonds is 8. The molecule has 1 aliphatic heterocycles. The third-order valence-corrected chi connectivity index (χ3v) is 8.49. The van der Waals surface area contributed by atoms with Crippen LogP contribution in [0.15, 0.2) is 29.2 Å². The second kappa shape index (κ2) is 10.7. The zero-order valence-corrected chi connectivity index (χ0v) is 21.5. The number of carbonyl (C=O) groups excluding carboxylic acids is 2. The third kappa shape index (κ3) is 5.20. The lowest BCUT2D eigenvalue weighted by atomic mass is 9.98. The molecule has 0 aliphatic carbocycles. The van der Waals surface area contributed by atoms with Crippen molar-refractivity contribution < 1.29 is 22.7 Å². The van der Waals surface area contributed by atoms with Crippen LogP contribution in [0.4, 0.5) is 0 Å². The van der Waals surface area contributed by atoms with E-state index in [-0.39, 0.29) is 29.5 Å². The zero-order chi connectivity index (χ0) is 25.0. The van der Waals surface area contributed by atoms with Gasteiger partial charge in [0.1, 0.15) is 10.5 Å². The Labute approximate surface area is 202 Å². The maximum Gasteiger partial charge on any atom is 0.341 e. The van der Waals surface area contributed by atoms with Crippen LogP contribution < -0.4 is 5.32 Å². The first-order valence-electron chi connectivity index (χ1n) is 11.8. The smallest absolute Gasteiger partial charge is 0.341 e. The molecular weight excluding hydrogens is 454 g/mol. The minimum absolute atomic E-state index is 0.00832. The van der Waals surface area contributed by atoms with Gasteiger partial charge in [0, 0.05) is 37.6 Å². The number of esters is 1. The van der Waals surface area contributed by atoms with Gasteiger partial charge in [0.05, 0.1) is 12.5 Å². The van der Waals surface area contributed by atoms with Crippen molar-refractivity contribution >= 4 is 21.9 Å². The molecule has 0 spiro atoms. The predicted molar refractivity (Wildman–Crippen MR) is 130 cm³/mol. The van der Waals surface area contributed by atoms with Gasteiger partial charge < -0.3 is 14.6 Å². The van der Waals surface area contributed by atoms with E-state index in [4.69, 9.17) is 4.74 Å². The molecule has 0 bridgehead atoms. The lowest BCUT2D eigenvalue weighted by Crippen LogP contribution is -2.45. The number of carbonyl (C=O) groups is 2. The summed E-state index contributed by atoms with van der Waals surface area (Å²) in [7, 11) is -4.01. The number of sulfonamides is 1. The maximum absolute atomic E-state index is 13.8. The molecule has 2 heterocycles. The summed E-state index contributed by atoms with van der Waals surface area (Å²) in [5.74, 6) is -1.25. The van der Waals surface area contributed by atoms with Crippen LogP contribution in [-0.4, -0.2) is 48.9 Å². The number of amides is 1. The Morgan fingerprint density at radius 3 is 2.38 bits per heavy atom. The van der Waals surface area contributed by atoms with Crippen molar-refractivity contribution in [3.05, 3.63) is 52.3 Å². The monoisotopic (exact) mass is 489 g/mol. The topological polar surface area (TPSA) is 97.7 Å². The van der Waals surface area contributed by atoms with E-state index in [0.717, 1.165) is 11.1 Å². The van der Waals surface area contributed by atoms with E-state index >= 15 is 0 Å². The number of aromatic nitrogens is 1. The van der Waals surface area contributed by atoms with Gasteiger partial charge in [-0.2, -0.15) is 4.31 Å². The average molecular weight is 490 g/mol. The van der Waals surface area contributed by atoms with Crippen LogP contribution in [0.5, 0.6) is 0 Å². The Morgan fingerprint density at radius 1 is 1.09 bits per heavy atom. The molecule has 1 unspecified atom stereocenters. The molecule has 1 aromatic carbocycles. The van der Waals surface area contributed by atoms with Gasteiger partial charge in [-0.1, -0.05) is 29.8 Å². The van der Waals surface area contributed by atoms with Crippen molar-refractivity contribution in [3.63, 3.8) is 0 Å². The first-order chi connectivity index (χ1) is 16.1. The predicted octanol–water partition coefficient (Wildman–Crippen LogP) is 3.33. The molecule has 1 N–H and O–H groups in total. The highest BCUT2D eigenvalue weighted by molar-refractivity contribution is 7.89. The standard InChI is InChI=1S/C25H35N3O5S/c1-6-28-18(4)22(25(30)33-7-2)23(19(28)5)34(31,32)27-14-8-9-21(16-27)24(29)26-15-20-12-10-17(3)11-13-20/h10-13,21H,6-9,14-16H2,1-5H3,(H,26,29). The van der Waals surface area contributed by atoms with Gasteiger partial charge >= 0.3 is 5.97 Å². The third-order valence-electron chi connectivity index (χ3n) is 6.46. The van der Waals surface area contributed by atoms with Crippen molar-refractivity contribution in [2.75, 3.05) is 19.7 Å². The fourth-order valence-electron chi connectivity index (χ4n) is 4.63. The number of piperidine rings is 1. The molecule has 8 nitrogen and oxygen atoms in total. The summed E-state index contributed by atoms with van der Waals surface area (Å²) in [6, 6.07) is 7.91. The van der Waals surface area contributed by atoms with Crippen LogP contribution in [0.25, 0.3) is 0 Å². The number of aryl methyl sites for hydroxylation is 1. The number of nitrogens with zero attached hydrogens (tertiary/aromatic N) is 2. The summed E-state index contributed by atoms with van der Waals surface area (Å²) in [5, 5.41) is 2.94. The lowest BCUT2D eigenvalue weighted by Gasteiger charge is -2.31. The number of hydrogen-bond acceptors (Lipinski definition) is 5. The largest absolute Gasteiger partial charge is 0.462 e. The molecule has 186 valence electrons. The summed E-state index contributed by atoms with van der Waals surface area (Å²) >= 11 is 0. The van der Waals surface area contributed by atoms with E-state index in [1.807, 2.05) is 42.7 Å². The SMILES string of the molecule is CCOC(=O)c1c(S(=O)(=O)N2CCCC(C(=O)NCc3ccc(C)cc3)C2)c(C)n(CC)c1C. The van der Waals surface area contributed by atoms with E-state index in [2.05, 4.69) is 5.32 Å². The van der Waals surface area contributed by atoms with Gasteiger partial charge in [-0.15, -0.1) is 0 Å². The van der Waals surface area contributed by atoms with Gasteiger partial charge in [0.15, 0.2) is 0 Å². The molecule has 1 amide bonds. The Hall–Kier alpha value is -2.65. The molecule has 1 fully saturated rings. The first kappa shape index (κ1) is 26.0. The van der Waals surface area contributed by atoms with Crippen LogP contribution >= 0.6 is 0 Å². The van der Waals surface area contributed by atoms with E-state index in [0.29, 0.717) is 43.9 Å². The van der Waals surface area contributed by atoms with Crippen LogP contribution in [-0.2, 0) is 32.6 Å². The van der Waals surface area contributed by atoms with Crippen molar-refractivity contribution in [3.8, 4) is 0 Å². The average Bonchev–Trinajstić information content (AvgIpc) is 3.08. The Bertz CT molecular complexity index is 1150. The van der Waals surface area contributed by atoms with Crippen molar-refractivity contribution in [1.29, 1.82) is 0 Å². The van der Waals surface area contributed by atoms with Gasteiger partial charge in [-0.3, -0.25) is 4.79 Å². The van der Waals surface area contributed by atoms with E-state index in [1.54, 1.807) is 20.8 Å². The number of nitrogens with one attached hydrogen (secondary N) is 1. The van der Waals surface area contributed by atoms with Crippen LogP contribution in [0.3, 0.4) is 0 Å². The second-order valence-corrected chi connectivity index (χ2v) is 10.6. The first-order valence-corrected chi connectivity index (χ1v) is 13.3. The minimum atomic E-state index is -4.01. The van der Waals surface area contributed by atoms with Crippen LogP contribution in [0.2, 0.25) is 0 Å². The van der Waals surface area contributed by atoms with E-state index < -0.39 is 21.9 Å². The Kier molecular flexibility index (Phi) is 8.20. The highest BCUT2D eigenvalue weighted by Gasteiger charge is 2.39. The molecule has 0 radical (unpaired) electrons. The molecule has 0 saturated carbocycles. The van der Waals surface area contributed by atoms with Gasteiger partial charge in [-0.25, -0.2) is 13.2 Å². The molecule has 1 aromatic heterocycles. The molecule has 34 heavy (non-hydrogen) atoms. The summed E-state index contributed by atoms with van der Waals surface area (Å²) in [6.07, 6.45) is 1.19. The quantitative estimate of drug-likeness (QED) is 0.574.